The van der Waals surface area contributed by atoms with Crippen LogP contribution >= 0.6 is 11.8 Å². The first-order chi connectivity index (χ1) is 11.6. The van der Waals surface area contributed by atoms with Crippen LogP contribution in [0.15, 0.2) is 52.3 Å². The van der Waals surface area contributed by atoms with Gasteiger partial charge in [0.1, 0.15) is 5.75 Å². The number of ether oxygens (including phenoxy) is 1. The van der Waals surface area contributed by atoms with Crippen LogP contribution in [0.5, 0.6) is 5.75 Å². The lowest BCUT2D eigenvalue weighted by atomic mass is 10.2. The van der Waals surface area contributed by atoms with Gasteiger partial charge in [-0.1, -0.05) is 12.1 Å². The number of fused-ring (bicyclic) bond motifs is 1. The van der Waals surface area contributed by atoms with Crippen LogP contribution in [-0.2, 0) is 13.2 Å². The smallest absolute Gasteiger partial charge is 0.351 e. The lowest BCUT2D eigenvalue weighted by molar-refractivity contribution is 0.242. The summed E-state index contributed by atoms with van der Waals surface area (Å²) in [5.74, 6) is 0.873. The molecule has 0 aliphatic carbocycles. The van der Waals surface area contributed by atoms with Crippen molar-refractivity contribution in [2.75, 3.05) is 20.4 Å². The summed E-state index contributed by atoms with van der Waals surface area (Å²) in [5, 5.41) is 4.35. The molecule has 0 spiro atoms. The van der Waals surface area contributed by atoms with Gasteiger partial charge in [0.25, 0.3) is 0 Å². The Morgan fingerprint density at radius 2 is 2.12 bits per heavy atom. The zero-order valence-corrected chi connectivity index (χ0v) is 14.8. The van der Waals surface area contributed by atoms with Crippen molar-refractivity contribution in [3.05, 3.63) is 58.6 Å². The van der Waals surface area contributed by atoms with E-state index in [1.54, 1.807) is 29.5 Å². The van der Waals surface area contributed by atoms with Gasteiger partial charge in [-0.3, -0.25) is 9.30 Å². The molecule has 0 radical (unpaired) electrons. The standard InChI is InChI=1S/C17H20N4O2S/c1-19(11-13-7-8-15(24-3)14(10-13)23-2)12-21-17(22)20-9-5-4-6-16(20)18-21/h4-10H,11-12H2,1-3H3. The number of nitrogens with zero attached hydrogens (tertiary/aromatic N) is 4. The van der Waals surface area contributed by atoms with E-state index in [1.165, 1.54) is 4.68 Å². The van der Waals surface area contributed by atoms with E-state index in [2.05, 4.69) is 17.2 Å². The number of benzene rings is 1. The second kappa shape index (κ2) is 7.11. The first-order valence-electron chi connectivity index (χ1n) is 7.56. The largest absolute Gasteiger partial charge is 0.496 e. The fourth-order valence-corrected chi connectivity index (χ4v) is 3.18. The molecule has 0 saturated heterocycles. The SMILES string of the molecule is COc1cc(CN(C)Cn2nc3ccccn3c2=O)ccc1SC. The Balaban J connectivity index is 1.76. The van der Waals surface area contributed by atoms with E-state index in [4.69, 9.17) is 4.74 Å². The van der Waals surface area contributed by atoms with E-state index < -0.39 is 0 Å². The molecule has 0 atom stereocenters. The molecule has 1 aromatic carbocycles. The van der Waals surface area contributed by atoms with Crippen LogP contribution < -0.4 is 10.4 Å². The summed E-state index contributed by atoms with van der Waals surface area (Å²) >= 11 is 1.66. The molecule has 0 amide bonds. The van der Waals surface area contributed by atoms with Gasteiger partial charge >= 0.3 is 5.69 Å². The van der Waals surface area contributed by atoms with E-state index in [0.717, 1.165) is 16.2 Å². The summed E-state index contributed by atoms with van der Waals surface area (Å²) in [7, 11) is 3.64. The number of hydrogen-bond donors (Lipinski definition) is 0. The maximum Gasteiger partial charge on any atom is 0.351 e. The van der Waals surface area contributed by atoms with Gasteiger partial charge in [-0.25, -0.2) is 4.79 Å². The normalized spacial score (nSPS) is 11.3. The van der Waals surface area contributed by atoms with E-state index in [1.807, 2.05) is 42.5 Å². The molecule has 6 nitrogen and oxygen atoms in total. The van der Waals surface area contributed by atoms with Gasteiger partial charge in [0, 0.05) is 17.6 Å². The van der Waals surface area contributed by atoms with Crippen molar-refractivity contribution >= 4 is 17.4 Å². The van der Waals surface area contributed by atoms with Gasteiger partial charge in [-0.2, -0.15) is 4.68 Å². The molecule has 3 rings (SSSR count). The summed E-state index contributed by atoms with van der Waals surface area (Å²) in [6.07, 6.45) is 3.76. The quantitative estimate of drug-likeness (QED) is 0.642. The van der Waals surface area contributed by atoms with Crippen LogP contribution in [0.3, 0.4) is 0 Å². The lowest BCUT2D eigenvalue weighted by Crippen LogP contribution is -2.30. The zero-order valence-electron chi connectivity index (χ0n) is 14.0. The van der Waals surface area contributed by atoms with Gasteiger partial charge in [0.2, 0.25) is 0 Å². The third-order valence-electron chi connectivity index (χ3n) is 3.76. The van der Waals surface area contributed by atoms with Gasteiger partial charge < -0.3 is 4.74 Å². The molecular weight excluding hydrogens is 324 g/mol. The molecule has 0 N–H and O–H groups in total. The topological polar surface area (TPSA) is 51.8 Å². The van der Waals surface area contributed by atoms with Crippen LogP contribution in [0.2, 0.25) is 0 Å². The maximum absolute atomic E-state index is 12.3. The second-order valence-electron chi connectivity index (χ2n) is 5.56. The van der Waals surface area contributed by atoms with Gasteiger partial charge in [0.05, 0.1) is 13.8 Å². The molecule has 0 saturated carbocycles. The zero-order chi connectivity index (χ0) is 17.1. The summed E-state index contributed by atoms with van der Waals surface area (Å²) in [5.41, 5.74) is 1.65. The number of aromatic nitrogens is 3. The Morgan fingerprint density at radius 1 is 1.29 bits per heavy atom. The van der Waals surface area contributed by atoms with E-state index in [9.17, 15) is 4.79 Å². The number of rotatable bonds is 6. The third kappa shape index (κ3) is 3.32. The predicted molar refractivity (Wildman–Crippen MR) is 95.7 cm³/mol. The average Bonchev–Trinajstić information content (AvgIpc) is 2.91. The van der Waals surface area contributed by atoms with Crippen molar-refractivity contribution in [2.24, 2.45) is 0 Å². The third-order valence-corrected chi connectivity index (χ3v) is 4.54. The Hall–Kier alpha value is -2.25. The van der Waals surface area contributed by atoms with Crippen LogP contribution in [0.25, 0.3) is 5.65 Å². The van der Waals surface area contributed by atoms with Crippen LogP contribution in [-0.4, -0.2) is 39.5 Å². The molecule has 0 aliphatic heterocycles. The van der Waals surface area contributed by atoms with Crippen molar-refractivity contribution < 1.29 is 4.74 Å². The molecule has 2 aromatic heterocycles. The number of thioether (sulfide) groups is 1. The first-order valence-corrected chi connectivity index (χ1v) is 8.78. The Bertz CT molecular complexity index is 903. The van der Waals surface area contributed by atoms with Crippen LogP contribution in [0.4, 0.5) is 0 Å². The highest BCUT2D eigenvalue weighted by molar-refractivity contribution is 7.98. The number of pyridine rings is 1. The molecule has 7 heteroatoms. The minimum atomic E-state index is -0.132. The monoisotopic (exact) mass is 344 g/mol. The van der Waals surface area contributed by atoms with E-state index >= 15 is 0 Å². The molecule has 0 aliphatic rings. The summed E-state index contributed by atoms with van der Waals surface area (Å²) < 4.78 is 8.45. The fourth-order valence-electron chi connectivity index (χ4n) is 2.63. The molecular formula is C17H20N4O2S. The van der Waals surface area contributed by atoms with Crippen LogP contribution in [0, 0.1) is 0 Å². The Kier molecular flexibility index (Phi) is 4.92. The maximum atomic E-state index is 12.3. The molecule has 0 bridgehead atoms. The summed E-state index contributed by atoms with van der Waals surface area (Å²) in [4.78, 5) is 15.5. The highest BCUT2D eigenvalue weighted by Gasteiger charge is 2.10. The molecule has 3 aromatic rings. The fraction of sp³-hybridized carbons (Fsp3) is 0.294. The molecule has 0 unspecified atom stereocenters. The number of methoxy groups -OCH3 is 1. The van der Waals surface area contributed by atoms with Crippen molar-refractivity contribution in [1.29, 1.82) is 0 Å². The van der Waals surface area contributed by atoms with E-state index in [0.29, 0.717) is 18.9 Å². The minimum absolute atomic E-state index is 0.132. The summed E-state index contributed by atoms with van der Waals surface area (Å²) in [6, 6.07) is 11.7. The lowest BCUT2D eigenvalue weighted by Gasteiger charge is -2.17. The van der Waals surface area contributed by atoms with E-state index in [-0.39, 0.29) is 5.69 Å². The highest BCUT2D eigenvalue weighted by atomic mass is 32.2. The Labute approximate surface area is 144 Å². The molecule has 2 heterocycles. The molecule has 0 fully saturated rings. The summed E-state index contributed by atoms with van der Waals surface area (Å²) in [6.45, 7) is 1.12. The highest BCUT2D eigenvalue weighted by Crippen LogP contribution is 2.28. The van der Waals surface area contributed by atoms with Crippen LogP contribution in [0.1, 0.15) is 5.56 Å². The molecule has 126 valence electrons. The predicted octanol–water partition coefficient (Wildman–Crippen LogP) is 2.32. The Morgan fingerprint density at radius 3 is 2.83 bits per heavy atom. The first kappa shape index (κ1) is 16.6. The van der Waals surface area contributed by atoms with Crippen molar-refractivity contribution in [2.45, 2.75) is 18.1 Å². The van der Waals surface area contributed by atoms with Gasteiger partial charge in [0.15, 0.2) is 5.65 Å². The van der Waals surface area contributed by atoms with Crippen molar-refractivity contribution in [3.8, 4) is 5.75 Å². The number of hydrogen-bond acceptors (Lipinski definition) is 5. The average molecular weight is 344 g/mol. The van der Waals surface area contributed by atoms with Crippen molar-refractivity contribution in [3.63, 3.8) is 0 Å². The second-order valence-corrected chi connectivity index (χ2v) is 6.40. The minimum Gasteiger partial charge on any atom is -0.496 e. The van der Waals surface area contributed by atoms with Crippen molar-refractivity contribution in [1.82, 2.24) is 19.1 Å². The molecule has 24 heavy (non-hydrogen) atoms. The van der Waals surface area contributed by atoms with Gasteiger partial charge in [-0.15, -0.1) is 16.9 Å². The van der Waals surface area contributed by atoms with Gasteiger partial charge in [-0.05, 0) is 43.1 Å².